The van der Waals surface area contributed by atoms with Crippen LogP contribution in [0, 0.1) is 5.92 Å². The van der Waals surface area contributed by atoms with Crippen molar-refractivity contribution < 1.29 is 19.1 Å². The van der Waals surface area contributed by atoms with Gasteiger partial charge in [-0.05, 0) is 56.6 Å². The summed E-state index contributed by atoms with van der Waals surface area (Å²) in [4.78, 5) is 27.6. The molecule has 2 aliphatic rings. The predicted octanol–water partition coefficient (Wildman–Crippen LogP) is 4.30. The van der Waals surface area contributed by atoms with Gasteiger partial charge in [0.05, 0.1) is 37.9 Å². The van der Waals surface area contributed by atoms with E-state index in [2.05, 4.69) is 4.90 Å². The van der Waals surface area contributed by atoms with E-state index >= 15 is 0 Å². The Bertz CT molecular complexity index is 1070. The highest BCUT2D eigenvalue weighted by Crippen LogP contribution is 2.37. The summed E-state index contributed by atoms with van der Waals surface area (Å²) in [7, 11) is 1.63. The van der Waals surface area contributed by atoms with Crippen molar-refractivity contribution in [3.8, 4) is 5.75 Å². The molecule has 34 heavy (non-hydrogen) atoms. The van der Waals surface area contributed by atoms with Crippen molar-refractivity contribution in [1.82, 2.24) is 9.91 Å². The molecule has 1 atom stereocenters. The standard InChI is InChI=1S/C26H30ClN3O4/c1-3-34-26(32)18-11-13-29(14-12-18)17-25(31)30-24(21-9-4-5-10-22(21)27)16-23(28-30)19-7-6-8-20(15-19)33-2/h4-10,15,18,24H,3,11-14,16-17H2,1-2H3/t24-/m1/s1. The number of methoxy groups -OCH3 is 1. The van der Waals surface area contributed by atoms with E-state index in [1.807, 2.05) is 55.5 Å². The fourth-order valence-electron chi connectivity index (χ4n) is 4.56. The molecule has 0 bridgehead atoms. The molecule has 2 heterocycles. The number of halogens is 1. The number of piperidine rings is 1. The van der Waals surface area contributed by atoms with Gasteiger partial charge in [0.1, 0.15) is 5.75 Å². The lowest BCUT2D eigenvalue weighted by atomic mass is 9.97. The average molecular weight is 484 g/mol. The van der Waals surface area contributed by atoms with E-state index in [4.69, 9.17) is 26.2 Å². The number of carbonyl (C=O) groups excluding carboxylic acids is 2. The maximum Gasteiger partial charge on any atom is 0.309 e. The van der Waals surface area contributed by atoms with Crippen LogP contribution in [-0.2, 0) is 14.3 Å². The molecule has 2 aromatic carbocycles. The highest BCUT2D eigenvalue weighted by atomic mass is 35.5. The SMILES string of the molecule is CCOC(=O)C1CCN(CC(=O)N2N=C(c3cccc(OC)c3)C[C@@H]2c2ccccc2Cl)CC1. The van der Waals surface area contributed by atoms with Gasteiger partial charge >= 0.3 is 5.97 Å². The fraction of sp³-hybridized carbons (Fsp3) is 0.423. The Morgan fingerprint density at radius 3 is 2.59 bits per heavy atom. The largest absolute Gasteiger partial charge is 0.497 e. The fourth-order valence-corrected chi connectivity index (χ4v) is 4.82. The van der Waals surface area contributed by atoms with Crippen LogP contribution < -0.4 is 4.74 Å². The third-order valence-electron chi connectivity index (χ3n) is 6.40. The van der Waals surface area contributed by atoms with E-state index in [-0.39, 0.29) is 30.4 Å². The third-order valence-corrected chi connectivity index (χ3v) is 6.74. The van der Waals surface area contributed by atoms with Crippen LogP contribution in [0.3, 0.4) is 0 Å². The zero-order valence-corrected chi connectivity index (χ0v) is 20.3. The van der Waals surface area contributed by atoms with Crippen molar-refractivity contribution in [1.29, 1.82) is 0 Å². The minimum absolute atomic E-state index is 0.0857. The van der Waals surface area contributed by atoms with Gasteiger partial charge in [-0.25, -0.2) is 5.01 Å². The first-order valence-corrected chi connectivity index (χ1v) is 12.0. The van der Waals surface area contributed by atoms with Gasteiger partial charge < -0.3 is 9.47 Å². The molecule has 0 unspecified atom stereocenters. The lowest BCUT2D eigenvalue weighted by molar-refractivity contribution is -0.149. The smallest absolute Gasteiger partial charge is 0.309 e. The summed E-state index contributed by atoms with van der Waals surface area (Å²) in [6.07, 6.45) is 1.95. The van der Waals surface area contributed by atoms with Crippen molar-refractivity contribution in [2.45, 2.75) is 32.2 Å². The normalized spacial score (nSPS) is 19.1. The van der Waals surface area contributed by atoms with E-state index in [9.17, 15) is 9.59 Å². The summed E-state index contributed by atoms with van der Waals surface area (Å²) < 4.78 is 10.5. The van der Waals surface area contributed by atoms with E-state index in [0.29, 0.717) is 44.0 Å². The third kappa shape index (κ3) is 5.42. The number of nitrogens with zero attached hydrogens (tertiary/aromatic N) is 3. The molecule has 1 amide bonds. The van der Waals surface area contributed by atoms with Gasteiger partial charge in [0, 0.05) is 17.0 Å². The van der Waals surface area contributed by atoms with Gasteiger partial charge in [-0.2, -0.15) is 5.10 Å². The van der Waals surface area contributed by atoms with Crippen molar-refractivity contribution in [3.63, 3.8) is 0 Å². The molecule has 0 N–H and O–H groups in total. The van der Waals surface area contributed by atoms with Crippen LogP contribution in [0.2, 0.25) is 5.02 Å². The molecule has 4 rings (SSSR count). The number of ether oxygens (including phenoxy) is 2. The number of esters is 1. The molecule has 2 aromatic rings. The molecule has 180 valence electrons. The van der Waals surface area contributed by atoms with Crippen LogP contribution in [-0.4, -0.2) is 60.8 Å². The van der Waals surface area contributed by atoms with Crippen molar-refractivity contribution in [3.05, 3.63) is 64.7 Å². The Labute approximate surface area is 205 Å². The van der Waals surface area contributed by atoms with Crippen LogP contribution >= 0.6 is 11.6 Å². The Balaban J connectivity index is 1.51. The van der Waals surface area contributed by atoms with E-state index in [0.717, 1.165) is 22.6 Å². The van der Waals surface area contributed by atoms with Crippen LogP contribution in [0.4, 0.5) is 0 Å². The molecular weight excluding hydrogens is 454 g/mol. The van der Waals surface area contributed by atoms with Crippen molar-refractivity contribution >= 4 is 29.2 Å². The number of amides is 1. The Hall–Kier alpha value is -2.90. The highest BCUT2D eigenvalue weighted by molar-refractivity contribution is 6.31. The molecule has 2 aliphatic heterocycles. The summed E-state index contributed by atoms with van der Waals surface area (Å²) in [6.45, 7) is 3.80. The molecule has 0 aliphatic carbocycles. The van der Waals surface area contributed by atoms with E-state index in [1.54, 1.807) is 12.1 Å². The molecule has 7 nitrogen and oxygen atoms in total. The Morgan fingerprint density at radius 1 is 1.12 bits per heavy atom. The second-order valence-corrected chi connectivity index (χ2v) is 8.97. The summed E-state index contributed by atoms with van der Waals surface area (Å²) in [5, 5.41) is 6.94. The number of hydrazone groups is 1. The second-order valence-electron chi connectivity index (χ2n) is 8.56. The molecular formula is C26H30ClN3O4. The first-order valence-electron chi connectivity index (χ1n) is 11.7. The van der Waals surface area contributed by atoms with Crippen molar-refractivity contribution in [2.24, 2.45) is 11.0 Å². The number of rotatable bonds is 7. The minimum atomic E-state index is -0.278. The monoisotopic (exact) mass is 483 g/mol. The van der Waals surface area contributed by atoms with Gasteiger partial charge in [0.15, 0.2) is 0 Å². The number of hydrogen-bond donors (Lipinski definition) is 0. The summed E-state index contributed by atoms with van der Waals surface area (Å²) >= 11 is 6.52. The van der Waals surface area contributed by atoms with Gasteiger partial charge in [-0.15, -0.1) is 0 Å². The zero-order chi connectivity index (χ0) is 24.1. The number of carbonyl (C=O) groups is 2. The Kier molecular flexibility index (Phi) is 7.85. The molecule has 8 heteroatoms. The molecule has 0 radical (unpaired) electrons. The summed E-state index contributed by atoms with van der Waals surface area (Å²) in [5.41, 5.74) is 2.61. The topological polar surface area (TPSA) is 71.4 Å². The molecule has 0 saturated carbocycles. The number of benzene rings is 2. The lowest BCUT2D eigenvalue weighted by Gasteiger charge is -2.32. The van der Waals surface area contributed by atoms with Crippen LogP contribution in [0.5, 0.6) is 5.75 Å². The molecule has 1 saturated heterocycles. The maximum absolute atomic E-state index is 13.4. The predicted molar refractivity (Wildman–Crippen MR) is 131 cm³/mol. The molecule has 1 fully saturated rings. The van der Waals surface area contributed by atoms with Gasteiger partial charge in [-0.1, -0.05) is 41.9 Å². The Morgan fingerprint density at radius 2 is 1.88 bits per heavy atom. The molecule has 0 spiro atoms. The highest BCUT2D eigenvalue weighted by Gasteiger charge is 2.35. The quantitative estimate of drug-likeness (QED) is 0.549. The minimum Gasteiger partial charge on any atom is -0.497 e. The van der Waals surface area contributed by atoms with E-state index < -0.39 is 0 Å². The van der Waals surface area contributed by atoms with Gasteiger partial charge in [0.2, 0.25) is 0 Å². The lowest BCUT2D eigenvalue weighted by Crippen LogP contribution is -2.43. The first kappa shape index (κ1) is 24.2. The molecule has 0 aromatic heterocycles. The van der Waals surface area contributed by atoms with Gasteiger partial charge in [-0.3, -0.25) is 14.5 Å². The van der Waals surface area contributed by atoms with Crippen LogP contribution in [0.15, 0.2) is 53.6 Å². The number of hydrogen-bond acceptors (Lipinski definition) is 6. The van der Waals surface area contributed by atoms with E-state index in [1.165, 1.54) is 0 Å². The number of likely N-dealkylation sites (tertiary alicyclic amines) is 1. The maximum atomic E-state index is 13.4. The van der Waals surface area contributed by atoms with Crippen LogP contribution in [0.25, 0.3) is 0 Å². The second kappa shape index (κ2) is 11.0. The first-order chi connectivity index (χ1) is 16.5. The average Bonchev–Trinajstić information content (AvgIpc) is 3.30. The van der Waals surface area contributed by atoms with Crippen molar-refractivity contribution in [2.75, 3.05) is 33.4 Å². The zero-order valence-electron chi connectivity index (χ0n) is 19.6. The summed E-state index contributed by atoms with van der Waals surface area (Å²) in [6, 6.07) is 15.0. The summed E-state index contributed by atoms with van der Waals surface area (Å²) in [5.74, 6) is 0.423. The van der Waals surface area contributed by atoms with Crippen LogP contribution in [0.1, 0.15) is 43.4 Å². The van der Waals surface area contributed by atoms with Gasteiger partial charge in [0.25, 0.3) is 5.91 Å².